The Morgan fingerprint density at radius 2 is 1.82 bits per heavy atom. The normalized spacial score (nSPS) is 12.9. The summed E-state index contributed by atoms with van der Waals surface area (Å²) in [6.07, 6.45) is 0.714. The largest absolute Gasteiger partial charge is 0.462 e. The minimum absolute atomic E-state index is 0.202. The number of nitrogens with zero attached hydrogens (tertiary/aromatic N) is 3. The maximum absolute atomic E-state index is 12.9. The Kier molecular flexibility index (Phi) is 7.49. The molecule has 0 saturated carbocycles. The molecule has 4 rings (SSSR count). The summed E-state index contributed by atoms with van der Waals surface area (Å²) in [5.74, 6) is -0.383. The number of aromatic nitrogens is 2. The number of rotatable bonds is 7. The van der Waals surface area contributed by atoms with Crippen LogP contribution in [0, 0.1) is 0 Å². The van der Waals surface area contributed by atoms with Crippen LogP contribution in [-0.2, 0) is 42.7 Å². The molecule has 0 aliphatic carbocycles. The van der Waals surface area contributed by atoms with Gasteiger partial charge in [-0.2, -0.15) is 5.10 Å². The molecule has 9 heteroatoms. The summed E-state index contributed by atoms with van der Waals surface area (Å²) in [6, 6.07) is 14.0. The van der Waals surface area contributed by atoms with Gasteiger partial charge in [0.1, 0.15) is 0 Å². The van der Waals surface area contributed by atoms with Gasteiger partial charge in [0, 0.05) is 42.0 Å². The van der Waals surface area contributed by atoms with Crippen LogP contribution in [0.3, 0.4) is 0 Å². The van der Waals surface area contributed by atoms with Crippen molar-refractivity contribution in [2.75, 3.05) is 18.5 Å². The third-order valence-corrected chi connectivity index (χ3v) is 5.93. The number of carbonyl (C=O) groups excluding carboxylic acids is 2. The van der Waals surface area contributed by atoms with Gasteiger partial charge in [0.2, 0.25) is 0 Å². The second kappa shape index (κ2) is 10.7. The number of halogens is 1. The number of aryl methyl sites for hydroxylation is 1. The molecule has 0 unspecified atom stereocenters. The zero-order valence-electron chi connectivity index (χ0n) is 19.2. The Balaban J connectivity index is 1.37. The number of anilines is 1. The number of nitrogens with one attached hydrogen (secondary N) is 1. The number of ether oxygens (including phenoxy) is 2. The summed E-state index contributed by atoms with van der Waals surface area (Å²) in [7, 11) is 1.92. The predicted molar refractivity (Wildman–Crippen MR) is 129 cm³/mol. The van der Waals surface area contributed by atoms with E-state index in [1.54, 1.807) is 36.1 Å². The van der Waals surface area contributed by atoms with Crippen molar-refractivity contribution in [3.05, 3.63) is 81.6 Å². The van der Waals surface area contributed by atoms with E-state index >= 15 is 0 Å². The van der Waals surface area contributed by atoms with Crippen LogP contribution in [-0.4, -0.2) is 39.8 Å². The maximum Gasteiger partial charge on any atom is 0.338 e. The molecule has 3 aromatic rings. The number of hydrogen-bond donors (Lipinski definition) is 1. The number of urea groups is 1. The van der Waals surface area contributed by atoms with Gasteiger partial charge in [0.05, 0.1) is 37.6 Å². The molecule has 1 aromatic heterocycles. The van der Waals surface area contributed by atoms with E-state index in [2.05, 4.69) is 10.4 Å². The van der Waals surface area contributed by atoms with Crippen molar-refractivity contribution in [1.82, 2.24) is 14.7 Å². The third-order valence-electron chi connectivity index (χ3n) is 5.68. The van der Waals surface area contributed by atoms with Gasteiger partial charge in [0.25, 0.3) is 0 Å². The molecule has 1 aliphatic rings. The van der Waals surface area contributed by atoms with Crippen LogP contribution in [0.1, 0.15) is 39.8 Å². The van der Waals surface area contributed by atoms with E-state index in [-0.39, 0.29) is 12.0 Å². The van der Waals surface area contributed by atoms with E-state index in [4.69, 9.17) is 21.1 Å². The van der Waals surface area contributed by atoms with Gasteiger partial charge >= 0.3 is 12.0 Å². The lowest BCUT2D eigenvalue weighted by Crippen LogP contribution is -2.39. The fourth-order valence-corrected chi connectivity index (χ4v) is 4.04. The summed E-state index contributed by atoms with van der Waals surface area (Å²) in [4.78, 5) is 26.5. The summed E-state index contributed by atoms with van der Waals surface area (Å²) in [5, 5.41) is 8.22. The second-order valence-electron chi connectivity index (χ2n) is 8.01. The molecule has 178 valence electrons. The highest BCUT2D eigenvalue weighted by atomic mass is 35.5. The maximum atomic E-state index is 12.9. The average molecular weight is 483 g/mol. The minimum atomic E-state index is -0.383. The van der Waals surface area contributed by atoms with E-state index in [9.17, 15) is 9.59 Å². The van der Waals surface area contributed by atoms with Crippen molar-refractivity contribution in [1.29, 1.82) is 0 Å². The number of amides is 2. The molecule has 1 aliphatic heterocycles. The van der Waals surface area contributed by atoms with Gasteiger partial charge < -0.3 is 19.7 Å². The zero-order valence-corrected chi connectivity index (χ0v) is 20.0. The molecule has 2 aromatic carbocycles. The number of hydrogen-bond acceptors (Lipinski definition) is 5. The van der Waals surface area contributed by atoms with E-state index in [1.165, 1.54) is 0 Å². The van der Waals surface area contributed by atoms with E-state index in [0.29, 0.717) is 55.6 Å². The third kappa shape index (κ3) is 5.58. The Hall–Kier alpha value is -3.36. The quantitative estimate of drug-likeness (QED) is 0.499. The predicted octanol–water partition coefficient (Wildman–Crippen LogP) is 4.56. The zero-order chi connectivity index (χ0) is 24.1. The lowest BCUT2D eigenvalue weighted by atomic mass is 10.1. The lowest BCUT2D eigenvalue weighted by molar-refractivity contribution is 0.0526. The minimum Gasteiger partial charge on any atom is -0.462 e. The van der Waals surface area contributed by atoms with Gasteiger partial charge in [-0.25, -0.2) is 9.59 Å². The number of benzene rings is 2. The van der Waals surface area contributed by atoms with Crippen LogP contribution in [0.4, 0.5) is 10.5 Å². The number of fused-ring (bicyclic) bond motifs is 1. The fourth-order valence-electron chi connectivity index (χ4n) is 3.91. The van der Waals surface area contributed by atoms with Crippen molar-refractivity contribution in [2.45, 2.75) is 33.1 Å². The van der Waals surface area contributed by atoms with Crippen LogP contribution < -0.4 is 5.32 Å². The molecule has 0 atom stereocenters. The Labute approximate surface area is 203 Å². The summed E-state index contributed by atoms with van der Waals surface area (Å²) >= 11 is 5.94. The monoisotopic (exact) mass is 482 g/mol. The Bertz CT molecular complexity index is 1160. The number of carbonyl (C=O) groups is 2. The van der Waals surface area contributed by atoms with Crippen molar-refractivity contribution >= 4 is 29.3 Å². The first-order valence-electron chi connectivity index (χ1n) is 11.1. The highest BCUT2D eigenvalue weighted by Crippen LogP contribution is 2.24. The highest BCUT2D eigenvalue weighted by Gasteiger charge is 2.26. The molecule has 0 saturated heterocycles. The van der Waals surface area contributed by atoms with Crippen LogP contribution in [0.25, 0.3) is 0 Å². The van der Waals surface area contributed by atoms with E-state index in [0.717, 1.165) is 22.5 Å². The molecule has 0 fully saturated rings. The highest BCUT2D eigenvalue weighted by molar-refractivity contribution is 6.30. The number of esters is 1. The van der Waals surface area contributed by atoms with E-state index in [1.807, 2.05) is 36.0 Å². The summed E-state index contributed by atoms with van der Waals surface area (Å²) in [5.41, 5.74) is 5.07. The molecule has 0 bridgehead atoms. The van der Waals surface area contributed by atoms with Crippen LogP contribution in [0.2, 0.25) is 5.02 Å². The first-order valence-corrected chi connectivity index (χ1v) is 11.5. The topological polar surface area (TPSA) is 85.7 Å². The lowest BCUT2D eigenvalue weighted by Gasteiger charge is -2.28. The first-order chi connectivity index (χ1) is 16.4. The van der Waals surface area contributed by atoms with Crippen molar-refractivity contribution in [3.8, 4) is 0 Å². The molecule has 1 N–H and O–H groups in total. The molecule has 0 spiro atoms. The van der Waals surface area contributed by atoms with Crippen molar-refractivity contribution < 1.29 is 19.1 Å². The smallest absolute Gasteiger partial charge is 0.338 e. The molecular formula is C25H27ClN4O4. The fraction of sp³-hybridized carbons (Fsp3) is 0.320. The Morgan fingerprint density at radius 1 is 1.09 bits per heavy atom. The second-order valence-corrected chi connectivity index (χ2v) is 8.45. The average Bonchev–Trinajstić information content (AvgIpc) is 3.15. The molecule has 0 radical (unpaired) electrons. The Morgan fingerprint density at radius 3 is 2.53 bits per heavy atom. The van der Waals surface area contributed by atoms with Crippen LogP contribution in [0.5, 0.6) is 0 Å². The summed E-state index contributed by atoms with van der Waals surface area (Å²) in [6.45, 7) is 3.93. The van der Waals surface area contributed by atoms with Gasteiger partial charge in [0.15, 0.2) is 0 Å². The SMILES string of the molecule is CCOC(=O)c1ccc(NC(=O)N2CCc3c(c(COCc4ccc(Cl)cc4)nn3C)C2)cc1. The van der Waals surface area contributed by atoms with Gasteiger partial charge in [-0.1, -0.05) is 23.7 Å². The first kappa shape index (κ1) is 23.8. The van der Waals surface area contributed by atoms with Gasteiger partial charge in [-0.05, 0) is 48.9 Å². The molecule has 2 amide bonds. The van der Waals surface area contributed by atoms with Crippen molar-refractivity contribution in [2.24, 2.45) is 7.05 Å². The van der Waals surface area contributed by atoms with Crippen molar-refractivity contribution in [3.63, 3.8) is 0 Å². The van der Waals surface area contributed by atoms with Crippen LogP contribution in [0.15, 0.2) is 48.5 Å². The van der Waals surface area contributed by atoms with Gasteiger partial charge in [-0.15, -0.1) is 0 Å². The molecular weight excluding hydrogens is 456 g/mol. The molecule has 34 heavy (non-hydrogen) atoms. The standard InChI is InChI=1S/C25H27ClN4O4/c1-3-34-24(31)18-6-10-20(11-7-18)27-25(32)30-13-12-23-21(14-30)22(28-29(23)2)16-33-15-17-4-8-19(26)9-5-17/h4-11H,3,12-16H2,1-2H3,(H,27,32). The summed E-state index contributed by atoms with van der Waals surface area (Å²) < 4.78 is 12.8. The van der Waals surface area contributed by atoms with Gasteiger partial charge in [-0.3, -0.25) is 4.68 Å². The molecule has 8 nitrogen and oxygen atoms in total. The van der Waals surface area contributed by atoms with E-state index < -0.39 is 0 Å². The van der Waals surface area contributed by atoms with Crippen LogP contribution >= 0.6 is 11.6 Å². The molecule has 2 heterocycles.